The Balaban J connectivity index is 0.853. The van der Waals surface area contributed by atoms with E-state index in [-0.39, 0.29) is 0 Å². The molecule has 0 aliphatic heterocycles. The number of nitrogens with zero attached hydrogens (tertiary/aromatic N) is 6. The summed E-state index contributed by atoms with van der Waals surface area (Å²) in [6, 6.07) is 84.2. The van der Waals surface area contributed by atoms with Crippen LogP contribution in [0.2, 0.25) is 0 Å². The summed E-state index contributed by atoms with van der Waals surface area (Å²) in [6.45, 7) is 0. The van der Waals surface area contributed by atoms with Crippen molar-refractivity contribution in [3.05, 3.63) is 243 Å². The van der Waals surface area contributed by atoms with Crippen LogP contribution in [0.4, 0.5) is 0 Å². The van der Waals surface area contributed by atoms with E-state index in [1.54, 1.807) is 0 Å². The molecule has 0 atom stereocenters. The van der Waals surface area contributed by atoms with Crippen molar-refractivity contribution < 1.29 is 8.83 Å². The third-order valence-electron chi connectivity index (χ3n) is 14.9. The van der Waals surface area contributed by atoms with Crippen LogP contribution in [0.15, 0.2) is 251 Å². The maximum atomic E-state index is 6.42. The smallest absolute Gasteiger partial charge is 0.138 e. The van der Waals surface area contributed by atoms with Crippen molar-refractivity contribution in [3.63, 3.8) is 0 Å². The van der Waals surface area contributed by atoms with Crippen LogP contribution in [-0.2, 0) is 0 Å². The van der Waals surface area contributed by atoms with E-state index in [9.17, 15) is 0 Å². The van der Waals surface area contributed by atoms with Crippen molar-refractivity contribution in [3.8, 4) is 68.1 Å². The third-order valence-corrected chi connectivity index (χ3v) is 14.9. The average Bonchev–Trinajstić information content (AvgIpc) is 4.29. The predicted octanol–water partition coefficient (Wildman–Crippen LogP) is 17.6. The number of hydrogen-bond donors (Lipinski definition) is 0. The highest BCUT2D eigenvalue weighted by Gasteiger charge is 2.20. The molecule has 16 rings (SSSR count). The Labute approximate surface area is 434 Å². The van der Waals surface area contributed by atoms with Crippen molar-refractivity contribution in [1.82, 2.24) is 29.1 Å². The average molecular weight is 973 g/mol. The highest BCUT2D eigenvalue weighted by atomic mass is 16.3. The number of aromatic nitrogens is 6. The van der Waals surface area contributed by atoms with E-state index >= 15 is 0 Å². The highest BCUT2D eigenvalue weighted by Crippen LogP contribution is 2.40. The van der Waals surface area contributed by atoms with E-state index in [1.807, 2.05) is 60.7 Å². The lowest BCUT2D eigenvalue weighted by Crippen LogP contribution is -2.02. The number of furan rings is 2. The summed E-state index contributed by atoms with van der Waals surface area (Å²) in [6.07, 6.45) is 0. The van der Waals surface area contributed by atoms with Gasteiger partial charge in [0.2, 0.25) is 0 Å². The zero-order chi connectivity index (χ0) is 49.8. The normalized spacial score (nSPS) is 11.9. The molecule has 0 radical (unpaired) electrons. The van der Waals surface area contributed by atoms with Crippen molar-refractivity contribution in [1.29, 1.82) is 0 Å². The Kier molecular flexibility index (Phi) is 9.17. The van der Waals surface area contributed by atoms with Crippen molar-refractivity contribution in [2.24, 2.45) is 0 Å². The molecule has 8 aromatic heterocycles. The zero-order valence-electron chi connectivity index (χ0n) is 40.6. The molecular formula is C68H40N6O2. The Morgan fingerprint density at radius 1 is 0.224 bits per heavy atom. The van der Waals surface area contributed by atoms with E-state index in [4.69, 9.17) is 28.8 Å². The Morgan fingerprint density at radius 2 is 0.592 bits per heavy atom. The summed E-state index contributed by atoms with van der Waals surface area (Å²) >= 11 is 0. The van der Waals surface area contributed by atoms with Gasteiger partial charge in [0.15, 0.2) is 0 Å². The Bertz CT molecular complexity index is 4930. The van der Waals surface area contributed by atoms with Gasteiger partial charge in [0, 0.05) is 43.1 Å². The van der Waals surface area contributed by atoms with Crippen LogP contribution in [0.1, 0.15) is 0 Å². The molecule has 8 heterocycles. The molecule has 76 heavy (non-hydrogen) atoms. The van der Waals surface area contributed by atoms with Crippen LogP contribution < -0.4 is 0 Å². The van der Waals surface area contributed by atoms with Crippen molar-refractivity contribution >= 4 is 87.5 Å². The molecule has 0 amide bonds. The predicted molar refractivity (Wildman–Crippen MR) is 308 cm³/mol. The second-order valence-electron chi connectivity index (χ2n) is 19.4. The number of pyridine rings is 4. The van der Waals surface area contributed by atoms with Gasteiger partial charge in [-0.3, -0.25) is 9.13 Å². The standard InChI is InChI=1S/C68H40N6O2/c1-7-25-59-45(15-1)46-16-2-8-26-60(46)73(59)67-39-43(41-32-34-65-52(35-41)50-20-6-12-30-64(50)75-65)36-57(71-67)55-23-13-21-53(69-55)54-22-14-24-56(70-54)58-37-44(42-31-33-51-49-19-5-11-29-63(49)76-66(51)38-42)40-68(72-58)74-61-27-9-3-17-47(61)48-18-4-10-28-62(48)74/h1-40H. The summed E-state index contributed by atoms with van der Waals surface area (Å²) in [4.78, 5) is 21.6. The lowest BCUT2D eigenvalue weighted by atomic mass is 10.0. The fraction of sp³-hybridized carbons (Fsp3) is 0. The van der Waals surface area contributed by atoms with Gasteiger partial charge < -0.3 is 8.83 Å². The Morgan fingerprint density at radius 3 is 1.09 bits per heavy atom. The van der Waals surface area contributed by atoms with E-state index in [0.717, 1.165) is 128 Å². The summed E-state index contributed by atoms with van der Waals surface area (Å²) < 4.78 is 17.2. The van der Waals surface area contributed by atoms with Gasteiger partial charge in [0.1, 0.15) is 34.0 Å². The highest BCUT2D eigenvalue weighted by molar-refractivity contribution is 6.11. The molecule has 0 spiro atoms. The maximum absolute atomic E-state index is 6.42. The molecule has 8 nitrogen and oxygen atoms in total. The van der Waals surface area contributed by atoms with Crippen LogP contribution in [0.5, 0.6) is 0 Å². The van der Waals surface area contributed by atoms with Gasteiger partial charge in [-0.1, -0.05) is 133 Å². The lowest BCUT2D eigenvalue weighted by Gasteiger charge is -2.14. The largest absolute Gasteiger partial charge is 0.456 e. The molecule has 0 fully saturated rings. The van der Waals surface area contributed by atoms with Gasteiger partial charge >= 0.3 is 0 Å². The molecule has 0 aliphatic carbocycles. The molecule has 0 bridgehead atoms. The quantitative estimate of drug-likeness (QED) is 0.158. The van der Waals surface area contributed by atoms with Gasteiger partial charge in [-0.2, -0.15) is 0 Å². The molecule has 16 aromatic rings. The molecule has 0 N–H and O–H groups in total. The monoisotopic (exact) mass is 972 g/mol. The minimum Gasteiger partial charge on any atom is -0.456 e. The number of benzene rings is 8. The van der Waals surface area contributed by atoms with E-state index < -0.39 is 0 Å². The Hall–Kier alpha value is -10.4. The van der Waals surface area contributed by atoms with E-state index in [0.29, 0.717) is 17.1 Å². The minimum absolute atomic E-state index is 0.713. The van der Waals surface area contributed by atoms with Gasteiger partial charge in [0.25, 0.3) is 0 Å². The minimum atomic E-state index is 0.713. The summed E-state index contributed by atoms with van der Waals surface area (Å²) in [5.41, 5.74) is 16.1. The number of fused-ring (bicyclic) bond motifs is 12. The van der Waals surface area contributed by atoms with Crippen molar-refractivity contribution in [2.75, 3.05) is 0 Å². The first-order valence-corrected chi connectivity index (χ1v) is 25.4. The topological polar surface area (TPSA) is 87.7 Å². The number of rotatable bonds is 7. The van der Waals surface area contributed by atoms with E-state index in [2.05, 4.69) is 191 Å². The lowest BCUT2D eigenvalue weighted by molar-refractivity contribution is 0.668. The summed E-state index contributed by atoms with van der Waals surface area (Å²) in [7, 11) is 0. The first-order chi connectivity index (χ1) is 37.6. The van der Waals surface area contributed by atoms with Crippen LogP contribution in [0.3, 0.4) is 0 Å². The summed E-state index contributed by atoms with van der Waals surface area (Å²) in [5.74, 6) is 1.57. The fourth-order valence-electron chi connectivity index (χ4n) is 11.4. The zero-order valence-corrected chi connectivity index (χ0v) is 40.6. The molecule has 354 valence electrons. The molecule has 8 aromatic carbocycles. The van der Waals surface area contributed by atoms with Gasteiger partial charge in [0.05, 0.1) is 56.2 Å². The molecule has 0 saturated heterocycles. The SMILES string of the molecule is c1cc(-c2cccc(-c3cc(-c4ccc5oc6ccccc6c5c4)cc(-n4c5ccccc5c5ccccc54)n3)n2)nc(-c2cc(-c3ccc4c(c3)oc3ccccc34)cc(-n3c4ccccc4c4ccccc43)n2)c1. The van der Waals surface area contributed by atoms with Crippen LogP contribution in [0.25, 0.3) is 156 Å². The molecular weight excluding hydrogens is 933 g/mol. The summed E-state index contributed by atoms with van der Waals surface area (Å²) in [5, 5.41) is 8.97. The molecule has 0 unspecified atom stereocenters. The first kappa shape index (κ1) is 42.1. The van der Waals surface area contributed by atoms with Gasteiger partial charge in [-0.25, -0.2) is 19.9 Å². The second kappa shape index (κ2) is 16.5. The van der Waals surface area contributed by atoms with E-state index in [1.165, 1.54) is 10.8 Å². The first-order valence-electron chi connectivity index (χ1n) is 25.4. The van der Waals surface area contributed by atoms with Gasteiger partial charge in [-0.05, 0) is 131 Å². The van der Waals surface area contributed by atoms with Crippen LogP contribution in [0, 0.1) is 0 Å². The molecule has 0 saturated carbocycles. The van der Waals surface area contributed by atoms with Crippen LogP contribution in [-0.4, -0.2) is 29.1 Å². The second-order valence-corrected chi connectivity index (χ2v) is 19.4. The van der Waals surface area contributed by atoms with Crippen molar-refractivity contribution in [2.45, 2.75) is 0 Å². The van der Waals surface area contributed by atoms with Crippen LogP contribution >= 0.6 is 0 Å². The molecule has 8 heteroatoms. The third kappa shape index (κ3) is 6.64. The maximum Gasteiger partial charge on any atom is 0.138 e. The number of para-hydroxylation sites is 6. The fourth-order valence-corrected chi connectivity index (χ4v) is 11.4. The molecule has 0 aliphatic rings. The van der Waals surface area contributed by atoms with Gasteiger partial charge in [-0.15, -0.1) is 0 Å². The number of hydrogen-bond acceptors (Lipinski definition) is 6.